The van der Waals surface area contributed by atoms with E-state index in [0.29, 0.717) is 29.9 Å². The van der Waals surface area contributed by atoms with E-state index < -0.39 is 0 Å². The van der Waals surface area contributed by atoms with Gasteiger partial charge >= 0.3 is 0 Å². The number of hydrogen-bond acceptors (Lipinski definition) is 2. The molecule has 1 N–H and O–H groups in total. The number of carbonyl (C=O) groups excluding carboxylic acids is 1. The highest BCUT2D eigenvalue weighted by atomic mass is 16.3. The molecule has 1 aromatic rings. The Bertz CT molecular complexity index is 473. The van der Waals surface area contributed by atoms with Crippen LogP contribution in [0, 0.1) is 11.8 Å². The van der Waals surface area contributed by atoms with Crippen molar-refractivity contribution in [2.45, 2.75) is 45.4 Å². The van der Waals surface area contributed by atoms with Gasteiger partial charge in [-0.15, -0.1) is 0 Å². The van der Waals surface area contributed by atoms with E-state index in [0.717, 1.165) is 19.3 Å². The van der Waals surface area contributed by atoms with Crippen LogP contribution in [0.2, 0.25) is 0 Å². The lowest BCUT2D eigenvalue weighted by Gasteiger charge is -2.32. The van der Waals surface area contributed by atoms with E-state index in [9.17, 15) is 9.90 Å². The van der Waals surface area contributed by atoms with Gasteiger partial charge in [0.05, 0.1) is 0 Å². The van der Waals surface area contributed by atoms with Crippen LogP contribution in [0.15, 0.2) is 36.4 Å². The Hall–Kier alpha value is -1.57. The third-order valence-electron chi connectivity index (χ3n) is 4.55. The van der Waals surface area contributed by atoms with Crippen molar-refractivity contribution in [2.75, 3.05) is 0 Å². The van der Waals surface area contributed by atoms with Gasteiger partial charge in [-0.1, -0.05) is 38.5 Å². The minimum Gasteiger partial charge on any atom is -0.508 e. The standard InChI is InChI=1S/C18H24O2/c1-3-17(13-5-9-15(19)10-6-13)18(4-2)14-7-11-16(20)12-8-14/h5-7,9-11,14,17-19H,3-4,8,12H2,1-2H3/t14?,17-,18-/m0/s1. The van der Waals surface area contributed by atoms with E-state index in [-0.39, 0.29) is 5.78 Å². The van der Waals surface area contributed by atoms with E-state index in [1.54, 1.807) is 18.2 Å². The zero-order chi connectivity index (χ0) is 14.5. The number of allylic oxidation sites excluding steroid dienone is 2. The normalized spacial score (nSPS) is 21.7. The number of phenols is 1. The number of hydrogen-bond donors (Lipinski definition) is 1. The van der Waals surface area contributed by atoms with Crippen LogP contribution >= 0.6 is 0 Å². The summed E-state index contributed by atoms with van der Waals surface area (Å²) in [6.07, 6.45) is 7.74. The summed E-state index contributed by atoms with van der Waals surface area (Å²) < 4.78 is 0. The highest BCUT2D eigenvalue weighted by molar-refractivity contribution is 5.90. The van der Waals surface area contributed by atoms with Gasteiger partial charge in [0.15, 0.2) is 5.78 Å². The molecule has 0 spiro atoms. The highest BCUT2D eigenvalue weighted by Crippen LogP contribution is 2.39. The Morgan fingerprint density at radius 2 is 1.90 bits per heavy atom. The molecule has 1 unspecified atom stereocenters. The molecule has 0 aliphatic heterocycles. The SMILES string of the molecule is CC[C@@H](c1ccc(O)cc1)[C@@H](CC)C1C=CC(=O)CC1. The average molecular weight is 272 g/mol. The fourth-order valence-corrected chi connectivity index (χ4v) is 3.47. The minimum atomic E-state index is 0.258. The lowest BCUT2D eigenvalue weighted by Crippen LogP contribution is -2.23. The van der Waals surface area contributed by atoms with Crippen LogP contribution in [0.3, 0.4) is 0 Å². The molecule has 0 fully saturated rings. The zero-order valence-corrected chi connectivity index (χ0v) is 12.4. The number of benzene rings is 1. The fourth-order valence-electron chi connectivity index (χ4n) is 3.47. The van der Waals surface area contributed by atoms with Crippen molar-refractivity contribution in [1.82, 2.24) is 0 Å². The molecule has 108 valence electrons. The molecule has 1 aliphatic rings. The maximum absolute atomic E-state index is 11.4. The van der Waals surface area contributed by atoms with Gasteiger partial charge in [-0.25, -0.2) is 0 Å². The quantitative estimate of drug-likeness (QED) is 0.860. The first-order valence-electron chi connectivity index (χ1n) is 7.65. The molecule has 0 aromatic heterocycles. The summed E-state index contributed by atoms with van der Waals surface area (Å²) in [5.74, 6) is 2.13. The Labute approximate surface area is 121 Å². The predicted molar refractivity (Wildman–Crippen MR) is 81.8 cm³/mol. The summed E-state index contributed by atoms with van der Waals surface area (Å²) in [4.78, 5) is 11.4. The van der Waals surface area contributed by atoms with Crippen molar-refractivity contribution in [3.63, 3.8) is 0 Å². The van der Waals surface area contributed by atoms with Gasteiger partial charge in [0.1, 0.15) is 5.75 Å². The fraction of sp³-hybridized carbons (Fsp3) is 0.500. The lowest BCUT2D eigenvalue weighted by atomic mass is 9.72. The molecule has 0 amide bonds. The number of carbonyl (C=O) groups is 1. The molecule has 2 nitrogen and oxygen atoms in total. The smallest absolute Gasteiger partial charge is 0.155 e. The van der Waals surface area contributed by atoms with Crippen molar-refractivity contribution < 1.29 is 9.90 Å². The molecule has 0 heterocycles. The molecule has 0 bridgehead atoms. The van der Waals surface area contributed by atoms with Gasteiger partial charge in [0, 0.05) is 6.42 Å². The first-order chi connectivity index (χ1) is 9.65. The summed E-state index contributed by atoms with van der Waals surface area (Å²) in [6.45, 7) is 4.45. The number of ketones is 1. The molecule has 2 heteroatoms. The summed E-state index contributed by atoms with van der Waals surface area (Å²) >= 11 is 0. The summed E-state index contributed by atoms with van der Waals surface area (Å²) in [6, 6.07) is 7.60. The molecule has 1 aliphatic carbocycles. The van der Waals surface area contributed by atoms with Crippen LogP contribution in [0.25, 0.3) is 0 Å². The van der Waals surface area contributed by atoms with Gasteiger partial charge < -0.3 is 5.11 Å². The van der Waals surface area contributed by atoms with Crippen LogP contribution in [-0.4, -0.2) is 10.9 Å². The third kappa shape index (κ3) is 3.30. The van der Waals surface area contributed by atoms with Crippen LogP contribution in [0.1, 0.15) is 51.0 Å². The third-order valence-corrected chi connectivity index (χ3v) is 4.55. The average Bonchev–Trinajstić information content (AvgIpc) is 2.47. The van der Waals surface area contributed by atoms with Crippen LogP contribution < -0.4 is 0 Å². The van der Waals surface area contributed by atoms with Crippen LogP contribution in [0.4, 0.5) is 0 Å². The zero-order valence-electron chi connectivity index (χ0n) is 12.4. The summed E-state index contributed by atoms with van der Waals surface area (Å²) in [7, 11) is 0. The van der Waals surface area contributed by atoms with Gasteiger partial charge in [0.25, 0.3) is 0 Å². The Kier molecular flexibility index (Phi) is 4.99. The van der Waals surface area contributed by atoms with Crippen molar-refractivity contribution in [1.29, 1.82) is 0 Å². The summed E-state index contributed by atoms with van der Waals surface area (Å²) in [5.41, 5.74) is 1.29. The van der Waals surface area contributed by atoms with Crippen molar-refractivity contribution in [3.8, 4) is 5.75 Å². The van der Waals surface area contributed by atoms with Gasteiger partial charge in [-0.3, -0.25) is 4.79 Å². The van der Waals surface area contributed by atoms with E-state index in [4.69, 9.17) is 0 Å². The Balaban J connectivity index is 2.21. The highest BCUT2D eigenvalue weighted by Gasteiger charge is 2.28. The lowest BCUT2D eigenvalue weighted by molar-refractivity contribution is -0.115. The molecule has 2 rings (SSSR count). The molecule has 1 aromatic carbocycles. The van der Waals surface area contributed by atoms with Crippen LogP contribution in [-0.2, 0) is 4.79 Å². The number of aromatic hydroxyl groups is 1. The maximum atomic E-state index is 11.4. The molecule has 0 saturated heterocycles. The molecule has 20 heavy (non-hydrogen) atoms. The molecule has 0 radical (unpaired) electrons. The Morgan fingerprint density at radius 3 is 2.40 bits per heavy atom. The van der Waals surface area contributed by atoms with Gasteiger partial charge in [-0.2, -0.15) is 0 Å². The van der Waals surface area contributed by atoms with E-state index >= 15 is 0 Å². The second-order valence-electron chi connectivity index (χ2n) is 5.71. The molecule has 3 atom stereocenters. The van der Waals surface area contributed by atoms with E-state index in [2.05, 4.69) is 19.9 Å². The summed E-state index contributed by atoms with van der Waals surface area (Å²) in [5, 5.41) is 9.44. The molecular formula is C18H24O2. The van der Waals surface area contributed by atoms with Crippen molar-refractivity contribution in [3.05, 3.63) is 42.0 Å². The number of rotatable bonds is 5. The molecular weight excluding hydrogens is 248 g/mol. The van der Waals surface area contributed by atoms with Crippen molar-refractivity contribution >= 4 is 5.78 Å². The van der Waals surface area contributed by atoms with Crippen LogP contribution in [0.5, 0.6) is 5.75 Å². The van der Waals surface area contributed by atoms with E-state index in [1.165, 1.54) is 5.56 Å². The minimum absolute atomic E-state index is 0.258. The Morgan fingerprint density at radius 1 is 1.20 bits per heavy atom. The monoisotopic (exact) mass is 272 g/mol. The second-order valence-corrected chi connectivity index (χ2v) is 5.71. The second kappa shape index (κ2) is 6.74. The predicted octanol–water partition coefficient (Wildman–Crippen LogP) is 4.45. The number of phenolic OH excluding ortho intramolecular Hbond substituents is 1. The molecule has 0 saturated carbocycles. The van der Waals surface area contributed by atoms with E-state index in [1.807, 2.05) is 12.1 Å². The largest absolute Gasteiger partial charge is 0.508 e. The maximum Gasteiger partial charge on any atom is 0.155 e. The van der Waals surface area contributed by atoms with Gasteiger partial charge in [-0.05, 0) is 54.4 Å². The first kappa shape index (κ1) is 14.8. The topological polar surface area (TPSA) is 37.3 Å². The van der Waals surface area contributed by atoms with Gasteiger partial charge in [0.2, 0.25) is 0 Å². The first-order valence-corrected chi connectivity index (χ1v) is 7.65. The van der Waals surface area contributed by atoms with Crippen molar-refractivity contribution in [2.24, 2.45) is 11.8 Å².